The number of allylic oxidation sites excluding steroid dienone is 2. The Hall–Kier alpha value is -1.15. The van der Waals surface area contributed by atoms with Crippen molar-refractivity contribution >= 4 is 16.7 Å². The van der Waals surface area contributed by atoms with Crippen molar-refractivity contribution < 1.29 is 5.11 Å². The lowest BCUT2D eigenvalue weighted by Crippen LogP contribution is -1.84. The van der Waals surface area contributed by atoms with Gasteiger partial charge in [-0.2, -0.15) is 0 Å². The minimum Gasteiger partial charge on any atom is -0.508 e. The maximum atomic E-state index is 9.11. The highest BCUT2D eigenvalue weighted by molar-refractivity contribution is 8.08. The van der Waals surface area contributed by atoms with Gasteiger partial charge in [-0.15, -0.1) is 11.8 Å². The molecule has 0 fully saturated rings. The molecule has 0 bridgehead atoms. The fraction of sp³-hybridized carbons (Fsp3) is 0.0909. The van der Waals surface area contributed by atoms with Crippen LogP contribution in [0.5, 0.6) is 5.75 Å². The van der Waals surface area contributed by atoms with Gasteiger partial charge in [0.2, 0.25) is 0 Å². The number of phenolic OH excluding ortho intramolecular Hbond substituents is 1. The Labute approximate surface area is 81.8 Å². The third kappa shape index (κ3) is 1.95. The van der Waals surface area contributed by atoms with E-state index in [1.54, 1.807) is 12.1 Å². The summed E-state index contributed by atoms with van der Waals surface area (Å²) < 4.78 is 0. The Morgan fingerprint density at radius 2 is 1.92 bits per heavy atom. The highest BCUT2D eigenvalue weighted by Crippen LogP contribution is 2.30. The number of aromatic hydroxyl groups is 1. The Kier molecular flexibility index (Phi) is 2.41. The Balaban J connectivity index is 2.30. The van der Waals surface area contributed by atoms with Gasteiger partial charge in [0.25, 0.3) is 0 Å². The summed E-state index contributed by atoms with van der Waals surface area (Å²) in [5.74, 6) is 1.35. The summed E-state index contributed by atoms with van der Waals surface area (Å²) >= 11 is 1.81. The molecule has 1 aliphatic heterocycles. The van der Waals surface area contributed by atoms with Crippen LogP contribution in [-0.2, 0) is 0 Å². The predicted octanol–water partition coefficient (Wildman–Crippen LogP) is 3.04. The van der Waals surface area contributed by atoms with Crippen LogP contribution in [-0.4, -0.2) is 10.9 Å². The summed E-state index contributed by atoms with van der Waals surface area (Å²) in [5, 5.41) is 9.11. The first-order valence-corrected chi connectivity index (χ1v) is 5.14. The third-order valence-electron chi connectivity index (χ3n) is 1.87. The molecule has 1 N–H and O–H groups in total. The van der Waals surface area contributed by atoms with Crippen LogP contribution < -0.4 is 0 Å². The fourth-order valence-electron chi connectivity index (χ4n) is 1.20. The molecular formula is C11H10OS. The molecule has 2 heteroatoms. The molecule has 0 radical (unpaired) electrons. The van der Waals surface area contributed by atoms with Gasteiger partial charge in [0.15, 0.2) is 0 Å². The molecule has 0 saturated heterocycles. The van der Waals surface area contributed by atoms with Gasteiger partial charge in [-0.3, -0.25) is 0 Å². The number of hydrogen-bond acceptors (Lipinski definition) is 2. The van der Waals surface area contributed by atoms with Gasteiger partial charge in [0.1, 0.15) is 5.75 Å². The zero-order valence-electron chi connectivity index (χ0n) is 7.10. The van der Waals surface area contributed by atoms with Crippen molar-refractivity contribution in [2.24, 2.45) is 0 Å². The highest BCUT2D eigenvalue weighted by atomic mass is 32.2. The molecule has 0 unspecified atom stereocenters. The number of hydrogen-bond donors (Lipinski definition) is 1. The molecular weight excluding hydrogens is 180 g/mol. The summed E-state index contributed by atoms with van der Waals surface area (Å²) in [6.07, 6.45) is 6.30. The van der Waals surface area contributed by atoms with E-state index in [9.17, 15) is 0 Å². The van der Waals surface area contributed by atoms with Gasteiger partial charge in [0.05, 0.1) is 0 Å². The summed E-state index contributed by atoms with van der Waals surface area (Å²) in [6.45, 7) is 0. The monoisotopic (exact) mass is 190 g/mol. The van der Waals surface area contributed by atoms with E-state index >= 15 is 0 Å². The van der Waals surface area contributed by atoms with Crippen molar-refractivity contribution in [3.8, 4) is 5.75 Å². The topological polar surface area (TPSA) is 20.2 Å². The van der Waals surface area contributed by atoms with Crippen LogP contribution in [0.2, 0.25) is 0 Å². The summed E-state index contributed by atoms with van der Waals surface area (Å²) in [5.41, 5.74) is 1.17. The molecule has 1 aliphatic rings. The van der Waals surface area contributed by atoms with Crippen molar-refractivity contribution in [2.45, 2.75) is 0 Å². The molecule has 0 amide bonds. The molecule has 0 aromatic heterocycles. The number of benzene rings is 1. The predicted molar refractivity (Wildman–Crippen MR) is 57.7 cm³/mol. The smallest absolute Gasteiger partial charge is 0.115 e. The largest absolute Gasteiger partial charge is 0.508 e. The van der Waals surface area contributed by atoms with Gasteiger partial charge >= 0.3 is 0 Å². The van der Waals surface area contributed by atoms with Crippen LogP contribution in [0, 0.1) is 0 Å². The van der Waals surface area contributed by atoms with Gasteiger partial charge in [-0.25, -0.2) is 0 Å². The van der Waals surface area contributed by atoms with Crippen molar-refractivity contribution in [3.05, 3.63) is 48.1 Å². The standard InChI is InChI=1S/C11H10OS/c12-10-6-4-9(5-7-10)11-3-1-2-8-13-11/h1-7,12H,8H2. The normalized spacial score (nSPS) is 15.5. The molecule has 13 heavy (non-hydrogen) atoms. The second-order valence-corrected chi connectivity index (χ2v) is 3.88. The van der Waals surface area contributed by atoms with E-state index in [1.165, 1.54) is 10.5 Å². The molecule has 1 heterocycles. The molecule has 1 aromatic rings. The van der Waals surface area contributed by atoms with Crippen LogP contribution in [0.15, 0.2) is 42.5 Å². The van der Waals surface area contributed by atoms with Crippen LogP contribution in [0.25, 0.3) is 4.91 Å². The maximum Gasteiger partial charge on any atom is 0.115 e. The molecule has 1 aromatic carbocycles. The van der Waals surface area contributed by atoms with Crippen molar-refractivity contribution in [1.82, 2.24) is 0 Å². The van der Waals surface area contributed by atoms with Gasteiger partial charge in [0, 0.05) is 10.7 Å². The summed E-state index contributed by atoms with van der Waals surface area (Å²) in [4.78, 5) is 1.27. The first-order valence-electron chi connectivity index (χ1n) is 4.15. The molecule has 66 valence electrons. The molecule has 2 rings (SSSR count). The SMILES string of the molecule is Oc1ccc(C2=CC=CCS2)cc1. The quantitative estimate of drug-likeness (QED) is 0.734. The van der Waals surface area contributed by atoms with E-state index in [4.69, 9.17) is 5.11 Å². The Morgan fingerprint density at radius 3 is 2.54 bits per heavy atom. The average molecular weight is 190 g/mol. The summed E-state index contributed by atoms with van der Waals surface area (Å²) in [7, 11) is 0. The molecule has 1 nitrogen and oxygen atoms in total. The maximum absolute atomic E-state index is 9.11. The lowest BCUT2D eigenvalue weighted by atomic mass is 10.2. The van der Waals surface area contributed by atoms with E-state index in [2.05, 4.69) is 18.2 Å². The van der Waals surface area contributed by atoms with E-state index in [1.807, 2.05) is 23.9 Å². The zero-order chi connectivity index (χ0) is 9.10. The second-order valence-electron chi connectivity index (χ2n) is 2.82. The van der Waals surface area contributed by atoms with Crippen LogP contribution in [0.1, 0.15) is 5.56 Å². The Bertz CT molecular complexity index is 349. The number of thioether (sulfide) groups is 1. The van der Waals surface area contributed by atoms with Crippen LogP contribution in [0.3, 0.4) is 0 Å². The molecule has 0 spiro atoms. The number of phenols is 1. The lowest BCUT2D eigenvalue weighted by molar-refractivity contribution is 0.475. The van der Waals surface area contributed by atoms with Gasteiger partial charge < -0.3 is 5.11 Å². The zero-order valence-corrected chi connectivity index (χ0v) is 7.92. The second kappa shape index (κ2) is 3.71. The van der Waals surface area contributed by atoms with E-state index in [-0.39, 0.29) is 0 Å². The third-order valence-corrected chi connectivity index (χ3v) is 2.91. The van der Waals surface area contributed by atoms with Crippen molar-refractivity contribution in [1.29, 1.82) is 0 Å². The molecule has 0 saturated carbocycles. The van der Waals surface area contributed by atoms with E-state index < -0.39 is 0 Å². The van der Waals surface area contributed by atoms with Crippen LogP contribution in [0.4, 0.5) is 0 Å². The molecule has 0 aliphatic carbocycles. The fourth-order valence-corrected chi connectivity index (χ4v) is 2.07. The van der Waals surface area contributed by atoms with E-state index in [0.717, 1.165) is 5.75 Å². The number of rotatable bonds is 1. The lowest BCUT2D eigenvalue weighted by Gasteiger charge is -2.08. The first kappa shape index (κ1) is 8.45. The van der Waals surface area contributed by atoms with Crippen molar-refractivity contribution in [3.63, 3.8) is 0 Å². The van der Waals surface area contributed by atoms with Gasteiger partial charge in [-0.05, 0) is 23.8 Å². The van der Waals surface area contributed by atoms with Crippen LogP contribution >= 0.6 is 11.8 Å². The Morgan fingerprint density at radius 1 is 1.15 bits per heavy atom. The summed E-state index contributed by atoms with van der Waals surface area (Å²) in [6, 6.07) is 7.31. The molecule has 0 atom stereocenters. The highest BCUT2D eigenvalue weighted by Gasteiger charge is 2.02. The average Bonchev–Trinajstić information content (AvgIpc) is 2.20. The van der Waals surface area contributed by atoms with Gasteiger partial charge in [-0.1, -0.05) is 24.3 Å². The minimum atomic E-state index is 0.320. The van der Waals surface area contributed by atoms with E-state index in [0.29, 0.717) is 5.75 Å². The minimum absolute atomic E-state index is 0.320. The van der Waals surface area contributed by atoms with Crippen molar-refractivity contribution in [2.75, 3.05) is 5.75 Å². The first-order chi connectivity index (χ1) is 6.36.